The van der Waals surface area contributed by atoms with Gasteiger partial charge in [-0.25, -0.2) is 4.98 Å². The number of rotatable bonds is 3. The number of aromatic nitrogens is 1. The molecule has 0 spiro atoms. The van der Waals surface area contributed by atoms with Crippen LogP contribution in [0.3, 0.4) is 0 Å². The Bertz CT molecular complexity index is 412. The number of nitrogens with zero attached hydrogens (tertiary/aromatic N) is 1. The first-order valence-electron chi connectivity index (χ1n) is 6.80. The number of nitrogens with one attached hydrogen (secondary N) is 1. The zero-order valence-electron chi connectivity index (χ0n) is 11.0. The first-order chi connectivity index (χ1) is 8.10. The second kappa shape index (κ2) is 4.06. The summed E-state index contributed by atoms with van der Waals surface area (Å²) in [7, 11) is 0. The van der Waals surface area contributed by atoms with E-state index in [9.17, 15) is 0 Å². The maximum Gasteiger partial charge on any atom is 0.113 e. The fourth-order valence-electron chi connectivity index (χ4n) is 3.90. The molecule has 1 aromatic heterocycles. The molecule has 2 nitrogen and oxygen atoms in total. The number of fused-ring (bicyclic) bond motifs is 2. The number of aryl methyl sites for hydroxylation is 1. The van der Waals surface area contributed by atoms with Crippen molar-refractivity contribution in [1.29, 1.82) is 0 Å². The van der Waals surface area contributed by atoms with Gasteiger partial charge in [0.05, 0.1) is 5.54 Å². The smallest absolute Gasteiger partial charge is 0.113 e. The average Bonchev–Trinajstić information content (AvgIpc) is 2.91. The summed E-state index contributed by atoms with van der Waals surface area (Å²) in [5, 5.41) is 7.41. The van der Waals surface area contributed by atoms with Crippen molar-refractivity contribution < 1.29 is 0 Å². The van der Waals surface area contributed by atoms with Gasteiger partial charge in [-0.2, -0.15) is 0 Å². The van der Waals surface area contributed by atoms with E-state index >= 15 is 0 Å². The Morgan fingerprint density at radius 3 is 2.76 bits per heavy atom. The van der Waals surface area contributed by atoms with E-state index in [1.54, 1.807) is 0 Å². The molecule has 2 aliphatic carbocycles. The number of thiazole rings is 1. The molecule has 2 saturated carbocycles. The monoisotopic (exact) mass is 250 g/mol. The van der Waals surface area contributed by atoms with Gasteiger partial charge in [-0.15, -0.1) is 11.3 Å². The molecule has 94 valence electrons. The van der Waals surface area contributed by atoms with E-state index in [4.69, 9.17) is 4.98 Å². The molecule has 1 N–H and O–H groups in total. The minimum Gasteiger partial charge on any atom is -0.303 e. The largest absolute Gasteiger partial charge is 0.303 e. The molecule has 2 bridgehead atoms. The van der Waals surface area contributed by atoms with E-state index in [-0.39, 0.29) is 5.54 Å². The van der Waals surface area contributed by atoms with Crippen LogP contribution in [0.25, 0.3) is 0 Å². The Hall–Kier alpha value is -0.410. The molecule has 3 heteroatoms. The standard InChI is InChI=1S/C14H22N2S/c1-9(2)16-14(13-15-10(3)8-17-13)7-11-4-5-12(14)6-11/h8-9,11-12,16H,4-7H2,1-3H3. The summed E-state index contributed by atoms with van der Waals surface area (Å²) < 4.78 is 0. The fourth-order valence-corrected chi connectivity index (χ4v) is 4.96. The lowest BCUT2D eigenvalue weighted by Crippen LogP contribution is -2.49. The highest BCUT2D eigenvalue weighted by atomic mass is 32.1. The molecule has 3 unspecified atom stereocenters. The minimum absolute atomic E-state index is 0.204. The van der Waals surface area contributed by atoms with Crippen molar-refractivity contribution in [2.45, 2.75) is 58.0 Å². The molecule has 17 heavy (non-hydrogen) atoms. The van der Waals surface area contributed by atoms with Crippen LogP contribution in [0.1, 0.15) is 50.2 Å². The highest BCUT2D eigenvalue weighted by molar-refractivity contribution is 7.09. The first kappa shape index (κ1) is 11.7. The Kier molecular flexibility index (Phi) is 2.79. The molecular formula is C14H22N2S. The second-order valence-electron chi connectivity index (χ2n) is 6.14. The van der Waals surface area contributed by atoms with Crippen LogP contribution in [0, 0.1) is 18.8 Å². The Morgan fingerprint density at radius 2 is 2.29 bits per heavy atom. The van der Waals surface area contributed by atoms with Crippen LogP contribution >= 0.6 is 11.3 Å². The Balaban J connectivity index is 1.97. The molecule has 0 amide bonds. The molecule has 0 aromatic carbocycles. The van der Waals surface area contributed by atoms with Crippen LogP contribution in [0.15, 0.2) is 5.38 Å². The van der Waals surface area contributed by atoms with E-state index in [1.807, 2.05) is 11.3 Å². The Labute approximate surface area is 108 Å². The average molecular weight is 250 g/mol. The fraction of sp³-hybridized carbons (Fsp3) is 0.786. The molecule has 0 saturated heterocycles. The summed E-state index contributed by atoms with van der Waals surface area (Å²) in [6, 6.07) is 0.540. The van der Waals surface area contributed by atoms with Crippen molar-refractivity contribution in [2.75, 3.05) is 0 Å². The van der Waals surface area contributed by atoms with Gasteiger partial charge in [0.15, 0.2) is 0 Å². The van der Waals surface area contributed by atoms with Crippen molar-refractivity contribution >= 4 is 11.3 Å². The van der Waals surface area contributed by atoms with Gasteiger partial charge in [0.2, 0.25) is 0 Å². The SMILES string of the molecule is Cc1csc(C2(NC(C)C)CC3CCC2C3)n1. The van der Waals surface area contributed by atoms with E-state index in [2.05, 4.69) is 31.5 Å². The van der Waals surface area contributed by atoms with Gasteiger partial charge in [0.1, 0.15) is 5.01 Å². The van der Waals surface area contributed by atoms with Crippen LogP contribution in [-0.2, 0) is 5.54 Å². The molecule has 0 aliphatic heterocycles. The summed E-state index contributed by atoms with van der Waals surface area (Å²) in [6.45, 7) is 6.62. The third-order valence-corrected chi connectivity index (χ3v) is 5.53. The van der Waals surface area contributed by atoms with Crippen LogP contribution in [0.2, 0.25) is 0 Å². The molecule has 2 aliphatic rings. The summed E-state index contributed by atoms with van der Waals surface area (Å²) >= 11 is 1.85. The maximum atomic E-state index is 4.79. The third kappa shape index (κ3) is 1.84. The van der Waals surface area contributed by atoms with Gasteiger partial charge in [0, 0.05) is 17.1 Å². The van der Waals surface area contributed by atoms with Crippen molar-refractivity contribution in [3.8, 4) is 0 Å². The van der Waals surface area contributed by atoms with Gasteiger partial charge in [-0.1, -0.05) is 6.42 Å². The molecule has 1 heterocycles. The van der Waals surface area contributed by atoms with Gasteiger partial charge in [-0.3, -0.25) is 0 Å². The predicted molar refractivity (Wildman–Crippen MR) is 72.2 cm³/mol. The van der Waals surface area contributed by atoms with Gasteiger partial charge in [-0.05, 0) is 51.9 Å². The van der Waals surface area contributed by atoms with E-state index in [0.717, 1.165) is 11.8 Å². The Morgan fingerprint density at radius 1 is 1.47 bits per heavy atom. The lowest BCUT2D eigenvalue weighted by molar-refractivity contribution is 0.193. The van der Waals surface area contributed by atoms with Crippen molar-refractivity contribution in [2.24, 2.45) is 11.8 Å². The summed E-state index contributed by atoms with van der Waals surface area (Å²) in [6.07, 6.45) is 5.56. The molecule has 3 rings (SSSR count). The normalized spacial score (nSPS) is 36.0. The molecule has 3 atom stereocenters. The highest BCUT2D eigenvalue weighted by Crippen LogP contribution is 2.56. The van der Waals surface area contributed by atoms with Gasteiger partial charge >= 0.3 is 0 Å². The molecular weight excluding hydrogens is 228 g/mol. The summed E-state index contributed by atoms with van der Waals surface area (Å²) in [5.74, 6) is 1.76. The molecule has 0 radical (unpaired) electrons. The highest BCUT2D eigenvalue weighted by Gasteiger charge is 2.53. The van der Waals surface area contributed by atoms with Crippen molar-refractivity contribution in [3.05, 3.63) is 16.1 Å². The quantitative estimate of drug-likeness (QED) is 0.888. The number of hydrogen-bond donors (Lipinski definition) is 1. The van der Waals surface area contributed by atoms with Crippen LogP contribution < -0.4 is 5.32 Å². The topological polar surface area (TPSA) is 24.9 Å². The van der Waals surface area contributed by atoms with Crippen LogP contribution in [0.5, 0.6) is 0 Å². The maximum absolute atomic E-state index is 4.79. The van der Waals surface area contributed by atoms with Crippen molar-refractivity contribution in [3.63, 3.8) is 0 Å². The van der Waals surface area contributed by atoms with Gasteiger partial charge in [0.25, 0.3) is 0 Å². The first-order valence-corrected chi connectivity index (χ1v) is 7.68. The van der Waals surface area contributed by atoms with E-state index in [1.165, 1.54) is 36.4 Å². The van der Waals surface area contributed by atoms with Crippen LogP contribution in [-0.4, -0.2) is 11.0 Å². The lowest BCUT2D eigenvalue weighted by Gasteiger charge is -2.38. The van der Waals surface area contributed by atoms with Gasteiger partial charge < -0.3 is 5.32 Å². The summed E-state index contributed by atoms with van der Waals surface area (Å²) in [4.78, 5) is 4.79. The molecule has 1 aromatic rings. The molecule has 2 fully saturated rings. The van der Waals surface area contributed by atoms with Crippen LogP contribution in [0.4, 0.5) is 0 Å². The minimum atomic E-state index is 0.204. The zero-order valence-corrected chi connectivity index (χ0v) is 11.8. The zero-order chi connectivity index (χ0) is 12.0. The predicted octanol–water partition coefficient (Wildman–Crippen LogP) is 3.46. The van der Waals surface area contributed by atoms with E-state index < -0.39 is 0 Å². The lowest BCUT2D eigenvalue weighted by atomic mass is 9.81. The van der Waals surface area contributed by atoms with Crippen molar-refractivity contribution in [1.82, 2.24) is 10.3 Å². The third-order valence-electron chi connectivity index (χ3n) is 4.40. The van der Waals surface area contributed by atoms with E-state index in [0.29, 0.717) is 6.04 Å². The second-order valence-corrected chi connectivity index (χ2v) is 7.00. The number of hydrogen-bond acceptors (Lipinski definition) is 3. The summed E-state index contributed by atoms with van der Waals surface area (Å²) in [5.41, 5.74) is 1.38.